The fraction of sp³-hybridized carbons (Fsp3) is 0.0625. The Balaban J connectivity index is 1.96. The van der Waals surface area contributed by atoms with Crippen molar-refractivity contribution in [1.82, 2.24) is 4.98 Å². The zero-order valence-electron chi connectivity index (χ0n) is 11.2. The molecule has 21 heavy (non-hydrogen) atoms. The van der Waals surface area contributed by atoms with Crippen LogP contribution in [0.5, 0.6) is 0 Å². The van der Waals surface area contributed by atoms with E-state index in [1.165, 1.54) is 12.1 Å². The molecule has 0 aliphatic rings. The highest BCUT2D eigenvalue weighted by Crippen LogP contribution is 2.25. The molecule has 2 N–H and O–H groups in total. The van der Waals surface area contributed by atoms with Gasteiger partial charge in [0.2, 0.25) is 0 Å². The fourth-order valence-electron chi connectivity index (χ4n) is 2.22. The van der Waals surface area contributed by atoms with Gasteiger partial charge in [-0.15, -0.1) is 0 Å². The van der Waals surface area contributed by atoms with E-state index < -0.39 is 0 Å². The number of carbonyl (C=O) groups is 1. The number of rotatable bonds is 2. The summed E-state index contributed by atoms with van der Waals surface area (Å²) in [7, 11) is 0. The van der Waals surface area contributed by atoms with Crippen LogP contribution in [0.15, 0.2) is 42.6 Å². The highest BCUT2D eigenvalue weighted by atomic mass is 35.5. The summed E-state index contributed by atoms with van der Waals surface area (Å²) >= 11 is 6.04. The van der Waals surface area contributed by atoms with Crippen molar-refractivity contribution in [3.05, 3.63) is 64.6 Å². The maximum absolute atomic E-state index is 13.2. The van der Waals surface area contributed by atoms with Crippen LogP contribution in [0.4, 0.5) is 10.1 Å². The lowest BCUT2D eigenvalue weighted by molar-refractivity contribution is 0.102. The molecule has 0 unspecified atom stereocenters. The lowest BCUT2D eigenvalue weighted by atomic mass is 10.1. The Morgan fingerprint density at radius 2 is 2.10 bits per heavy atom. The SMILES string of the molecule is Cc1c(Cl)cccc1NC(=O)c1c[nH]c2cc(F)ccc12. The van der Waals surface area contributed by atoms with Crippen molar-refractivity contribution in [2.75, 3.05) is 5.32 Å². The largest absolute Gasteiger partial charge is 0.360 e. The summed E-state index contributed by atoms with van der Waals surface area (Å²) in [5, 5.41) is 4.09. The van der Waals surface area contributed by atoms with Gasteiger partial charge in [-0.25, -0.2) is 4.39 Å². The molecule has 1 aromatic heterocycles. The molecule has 0 bridgehead atoms. The Bertz CT molecular complexity index is 841. The number of aromatic nitrogens is 1. The molecule has 0 aliphatic carbocycles. The average Bonchev–Trinajstić information content (AvgIpc) is 2.86. The molecular formula is C16H12ClFN2O. The summed E-state index contributed by atoms with van der Waals surface area (Å²) in [6.07, 6.45) is 1.57. The zero-order valence-corrected chi connectivity index (χ0v) is 12.0. The molecule has 0 fully saturated rings. The monoisotopic (exact) mass is 302 g/mol. The number of amides is 1. The number of anilines is 1. The van der Waals surface area contributed by atoms with Gasteiger partial charge in [0.1, 0.15) is 5.82 Å². The molecule has 0 atom stereocenters. The van der Waals surface area contributed by atoms with Gasteiger partial charge in [0.15, 0.2) is 0 Å². The molecule has 1 amide bonds. The topological polar surface area (TPSA) is 44.9 Å². The van der Waals surface area contributed by atoms with E-state index in [4.69, 9.17) is 11.6 Å². The highest BCUT2D eigenvalue weighted by Gasteiger charge is 2.14. The molecule has 0 saturated heterocycles. The quantitative estimate of drug-likeness (QED) is 0.718. The minimum atomic E-state index is -0.345. The van der Waals surface area contributed by atoms with Gasteiger partial charge in [-0.1, -0.05) is 17.7 Å². The lowest BCUT2D eigenvalue weighted by Gasteiger charge is -2.09. The molecule has 0 aliphatic heterocycles. The number of nitrogens with one attached hydrogen (secondary N) is 2. The average molecular weight is 303 g/mol. The first-order valence-electron chi connectivity index (χ1n) is 6.39. The Morgan fingerprint density at radius 1 is 1.29 bits per heavy atom. The van der Waals surface area contributed by atoms with Gasteiger partial charge >= 0.3 is 0 Å². The van der Waals surface area contributed by atoms with Crippen molar-refractivity contribution >= 4 is 34.1 Å². The summed E-state index contributed by atoms with van der Waals surface area (Å²) in [6, 6.07) is 9.60. The van der Waals surface area contributed by atoms with Gasteiger partial charge in [0.05, 0.1) is 5.56 Å². The first kappa shape index (κ1) is 13.6. The lowest BCUT2D eigenvalue weighted by Crippen LogP contribution is -2.12. The summed E-state index contributed by atoms with van der Waals surface area (Å²) in [4.78, 5) is 15.3. The van der Waals surface area contributed by atoms with E-state index in [1.807, 2.05) is 6.92 Å². The van der Waals surface area contributed by atoms with Crippen LogP contribution in [0.1, 0.15) is 15.9 Å². The van der Waals surface area contributed by atoms with Gasteiger partial charge in [-0.05, 0) is 42.8 Å². The first-order chi connectivity index (χ1) is 10.1. The van der Waals surface area contributed by atoms with Crippen molar-refractivity contribution in [3.8, 4) is 0 Å². The van der Waals surface area contributed by atoms with Gasteiger partial charge in [-0.3, -0.25) is 4.79 Å². The highest BCUT2D eigenvalue weighted by molar-refractivity contribution is 6.31. The van der Waals surface area contributed by atoms with E-state index in [2.05, 4.69) is 10.3 Å². The number of H-pyrrole nitrogens is 1. The minimum absolute atomic E-state index is 0.266. The number of benzene rings is 2. The number of fused-ring (bicyclic) bond motifs is 1. The predicted molar refractivity (Wildman–Crippen MR) is 82.4 cm³/mol. The van der Waals surface area contributed by atoms with Crippen LogP contribution < -0.4 is 5.32 Å². The van der Waals surface area contributed by atoms with Crippen LogP contribution in [0, 0.1) is 12.7 Å². The van der Waals surface area contributed by atoms with Crippen LogP contribution in [0.3, 0.4) is 0 Å². The van der Waals surface area contributed by atoms with Crippen LogP contribution in [0.25, 0.3) is 10.9 Å². The number of hydrogen-bond acceptors (Lipinski definition) is 1. The van der Waals surface area contributed by atoms with E-state index in [-0.39, 0.29) is 11.7 Å². The molecule has 1 heterocycles. The van der Waals surface area contributed by atoms with Gasteiger partial charge in [0.25, 0.3) is 5.91 Å². The molecule has 106 valence electrons. The van der Waals surface area contributed by atoms with E-state index in [0.29, 0.717) is 27.2 Å². The Kier molecular flexibility index (Phi) is 3.39. The maximum Gasteiger partial charge on any atom is 0.257 e. The second-order valence-electron chi connectivity index (χ2n) is 4.76. The standard InChI is InChI=1S/C16H12ClFN2O/c1-9-13(17)3-2-4-14(9)20-16(21)12-8-19-15-7-10(18)5-6-11(12)15/h2-8,19H,1H3,(H,20,21). The third-order valence-electron chi connectivity index (χ3n) is 3.40. The van der Waals surface area contributed by atoms with E-state index in [9.17, 15) is 9.18 Å². The second-order valence-corrected chi connectivity index (χ2v) is 5.17. The number of carbonyl (C=O) groups excluding carboxylic acids is 1. The van der Waals surface area contributed by atoms with Gasteiger partial charge in [0, 0.05) is 27.8 Å². The summed E-state index contributed by atoms with van der Waals surface area (Å²) in [5.41, 5.74) is 2.51. The van der Waals surface area contributed by atoms with Crippen molar-refractivity contribution in [1.29, 1.82) is 0 Å². The maximum atomic E-state index is 13.2. The van der Waals surface area contributed by atoms with E-state index >= 15 is 0 Å². The van der Waals surface area contributed by atoms with Crippen molar-refractivity contribution in [2.45, 2.75) is 6.92 Å². The van der Waals surface area contributed by atoms with Crippen molar-refractivity contribution < 1.29 is 9.18 Å². The minimum Gasteiger partial charge on any atom is -0.360 e. The summed E-state index contributed by atoms with van der Waals surface area (Å²) in [5.74, 6) is -0.611. The molecule has 0 radical (unpaired) electrons. The van der Waals surface area contributed by atoms with E-state index in [1.54, 1.807) is 30.5 Å². The third-order valence-corrected chi connectivity index (χ3v) is 3.81. The predicted octanol–water partition coefficient (Wildman–Crippen LogP) is 4.52. The fourth-order valence-corrected chi connectivity index (χ4v) is 2.39. The molecule has 0 spiro atoms. The molecule has 3 aromatic rings. The van der Waals surface area contributed by atoms with Crippen LogP contribution in [-0.4, -0.2) is 10.9 Å². The van der Waals surface area contributed by atoms with E-state index in [0.717, 1.165) is 5.56 Å². The Hall–Kier alpha value is -2.33. The molecule has 2 aromatic carbocycles. The molecular weight excluding hydrogens is 291 g/mol. The third kappa shape index (κ3) is 2.50. The Labute approximate surface area is 125 Å². The molecule has 3 nitrogen and oxygen atoms in total. The van der Waals surface area contributed by atoms with Crippen LogP contribution >= 0.6 is 11.6 Å². The van der Waals surface area contributed by atoms with Crippen molar-refractivity contribution in [2.24, 2.45) is 0 Å². The zero-order chi connectivity index (χ0) is 15.0. The molecule has 3 rings (SSSR count). The van der Waals surface area contributed by atoms with Gasteiger partial charge < -0.3 is 10.3 Å². The number of aromatic amines is 1. The van der Waals surface area contributed by atoms with Crippen molar-refractivity contribution in [3.63, 3.8) is 0 Å². The summed E-state index contributed by atoms with van der Waals surface area (Å²) < 4.78 is 13.2. The number of halogens is 2. The smallest absolute Gasteiger partial charge is 0.257 e. The van der Waals surface area contributed by atoms with Crippen LogP contribution in [0.2, 0.25) is 5.02 Å². The summed E-state index contributed by atoms with van der Waals surface area (Å²) in [6.45, 7) is 1.84. The normalized spacial score (nSPS) is 10.8. The molecule has 5 heteroatoms. The molecule has 0 saturated carbocycles. The Morgan fingerprint density at radius 3 is 2.90 bits per heavy atom. The second kappa shape index (κ2) is 5.22. The van der Waals surface area contributed by atoms with Gasteiger partial charge in [-0.2, -0.15) is 0 Å². The van der Waals surface area contributed by atoms with Crippen LogP contribution in [-0.2, 0) is 0 Å². The number of hydrogen-bond donors (Lipinski definition) is 2. The first-order valence-corrected chi connectivity index (χ1v) is 6.77.